The van der Waals surface area contributed by atoms with Crippen LogP contribution in [0.3, 0.4) is 0 Å². The maximum Gasteiger partial charge on any atom is 0.270 e. The third-order valence-electron chi connectivity index (χ3n) is 5.90. The molecule has 3 aromatic carbocycles. The molecule has 0 saturated heterocycles. The van der Waals surface area contributed by atoms with Gasteiger partial charge in [-0.1, -0.05) is 54.1 Å². The number of carbonyl (C=O) groups is 1. The van der Waals surface area contributed by atoms with E-state index in [2.05, 4.69) is 43.4 Å². The van der Waals surface area contributed by atoms with Crippen molar-refractivity contribution in [1.82, 2.24) is 15.1 Å². The fourth-order valence-corrected chi connectivity index (χ4v) is 3.89. The number of nitrogens with zero attached hydrogens (tertiary/aromatic N) is 2. The van der Waals surface area contributed by atoms with Crippen LogP contribution in [0.4, 0.5) is 0 Å². The molecule has 33 heavy (non-hydrogen) atoms. The van der Waals surface area contributed by atoms with Gasteiger partial charge in [0.05, 0.1) is 11.4 Å². The fourth-order valence-electron chi connectivity index (χ4n) is 3.76. The average Bonchev–Trinajstić information content (AvgIpc) is 3.26. The van der Waals surface area contributed by atoms with Crippen LogP contribution in [0.1, 0.15) is 40.5 Å². The zero-order valence-electron chi connectivity index (χ0n) is 19.2. The number of halogens is 1. The standard InChI is InChI=1S/C28H28ClN3O/c1-19-9-12-23(17-20(19)2)26-18-27(32(31-26)25-15-13-24(29)14-16-25)28(33)30-21(3)10-11-22-7-5-4-6-8-22/h4-9,12-18,21H,10-11H2,1-3H3,(H,30,33). The lowest BCUT2D eigenvalue weighted by molar-refractivity contribution is 0.0930. The molecule has 1 N–H and O–H groups in total. The Morgan fingerprint density at radius 1 is 0.970 bits per heavy atom. The van der Waals surface area contributed by atoms with Gasteiger partial charge in [-0.25, -0.2) is 4.68 Å². The molecule has 1 amide bonds. The van der Waals surface area contributed by atoms with Crippen molar-refractivity contribution in [3.63, 3.8) is 0 Å². The van der Waals surface area contributed by atoms with Gasteiger partial charge in [0, 0.05) is 16.6 Å². The number of hydrogen-bond acceptors (Lipinski definition) is 2. The smallest absolute Gasteiger partial charge is 0.270 e. The minimum Gasteiger partial charge on any atom is -0.348 e. The highest BCUT2D eigenvalue weighted by atomic mass is 35.5. The van der Waals surface area contributed by atoms with Gasteiger partial charge in [-0.2, -0.15) is 5.10 Å². The topological polar surface area (TPSA) is 46.9 Å². The Bertz CT molecular complexity index is 1250. The molecule has 4 nitrogen and oxygen atoms in total. The molecule has 5 heteroatoms. The van der Waals surface area contributed by atoms with E-state index < -0.39 is 0 Å². The first-order valence-corrected chi connectivity index (χ1v) is 11.6. The molecule has 1 heterocycles. The predicted molar refractivity (Wildman–Crippen MR) is 135 cm³/mol. The summed E-state index contributed by atoms with van der Waals surface area (Å²) < 4.78 is 1.69. The predicted octanol–water partition coefficient (Wildman–Crippen LogP) is 6.56. The summed E-state index contributed by atoms with van der Waals surface area (Å²) in [7, 11) is 0. The van der Waals surface area contributed by atoms with E-state index in [1.165, 1.54) is 16.7 Å². The van der Waals surface area contributed by atoms with Crippen LogP contribution in [-0.4, -0.2) is 21.7 Å². The third-order valence-corrected chi connectivity index (χ3v) is 6.15. The summed E-state index contributed by atoms with van der Waals surface area (Å²) >= 11 is 6.08. The molecule has 4 aromatic rings. The minimum atomic E-state index is -0.145. The van der Waals surface area contributed by atoms with Crippen molar-refractivity contribution >= 4 is 17.5 Å². The van der Waals surface area contributed by atoms with Gasteiger partial charge in [-0.15, -0.1) is 0 Å². The Morgan fingerprint density at radius 2 is 1.70 bits per heavy atom. The Hall–Kier alpha value is -3.37. The number of hydrogen-bond donors (Lipinski definition) is 1. The van der Waals surface area contributed by atoms with Crippen LogP contribution in [-0.2, 0) is 6.42 Å². The Kier molecular flexibility index (Phi) is 6.95. The van der Waals surface area contributed by atoms with Crippen LogP contribution in [0, 0.1) is 13.8 Å². The molecule has 0 saturated carbocycles. The number of aromatic nitrogens is 2. The molecule has 0 bridgehead atoms. The van der Waals surface area contributed by atoms with E-state index in [1.54, 1.807) is 16.8 Å². The summed E-state index contributed by atoms with van der Waals surface area (Å²) in [6.45, 7) is 6.20. The fraction of sp³-hybridized carbons (Fsp3) is 0.214. The lowest BCUT2D eigenvalue weighted by atomic mass is 10.0. The summed E-state index contributed by atoms with van der Waals surface area (Å²) in [6, 6.07) is 25.8. The third kappa shape index (κ3) is 5.52. The van der Waals surface area contributed by atoms with Gasteiger partial charge in [0.15, 0.2) is 0 Å². The van der Waals surface area contributed by atoms with Crippen LogP contribution in [0.15, 0.2) is 78.9 Å². The van der Waals surface area contributed by atoms with Crippen molar-refractivity contribution in [2.75, 3.05) is 0 Å². The lowest BCUT2D eigenvalue weighted by Crippen LogP contribution is -2.34. The van der Waals surface area contributed by atoms with E-state index >= 15 is 0 Å². The molecule has 0 aliphatic carbocycles. The number of rotatable bonds is 7. The van der Waals surface area contributed by atoms with Gasteiger partial charge in [-0.3, -0.25) is 4.79 Å². The summed E-state index contributed by atoms with van der Waals surface area (Å²) in [6.07, 6.45) is 1.77. The summed E-state index contributed by atoms with van der Waals surface area (Å²) in [4.78, 5) is 13.3. The van der Waals surface area contributed by atoms with E-state index in [-0.39, 0.29) is 11.9 Å². The van der Waals surface area contributed by atoms with Crippen LogP contribution < -0.4 is 5.32 Å². The number of nitrogens with one attached hydrogen (secondary N) is 1. The monoisotopic (exact) mass is 457 g/mol. The zero-order chi connectivity index (χ0) is 23.4. The van der Waals surface area contributed by atoms with E-state index in [9.17, 15) is 4.79 Å². The molecule has 0 aliphatic heterocycles. The molecule has 1 aromatic heterocycles. The van der Waals surface area contributed by atoms with E-state index in [1.807, 2.05) is 49.4 Å². The SMILES string of the molecule is Cc1ccc(-c2cc(C(=O)NC(C)CCc3ccccc3)n(-c3ccc(Cl)cc3)n2)cc1C. The molecular weight excluding hydrogens is 430 g/mol. The van der Waals surface area contributed by atoms with Gasteiger partial charge >= 0.3 is 0 Å². The largest absolute Gasteiger partial charge is 0.348 e. The van der Waals surface area contributed by atoms with Gasteiger partial charge in [0.2, 0.25) is 0 Å². The quantitative estimate of drug-likeness (QED) is 0.341. The second-order valence-electron chi connectivity index (χ2n) is 8.50. The highest BCUT2D eigenvalue weighted by Crippen LogP contribution is 2.25. The van der Waals surface area contributed by atoms with Crippen LogP contribution >= 0.6 is 11.6 Å². The van der Waals surface area contributed by atoms with Crippen LogP contribution in [0.5, 0.6) is 0 Å². The van der Waals surface area contributed by atoms with Gasteiger partial charge in [0.1, 0.15) is 5.69 Å². The number of aryl methyl sites for hydroxylation is 3. The Labute approximate surface area is 200 Å². The molecule has 0 spiro atoms. The average molecular weight is 458 g/mol. The van der Waals surface area contributed by atoms with Crippen LogP contribution in [0.2, 0.25) is 5.02 Å². The second kappa shape index (κ2) is 10.1. The van der Waals surface area contributed by atoms with Gasteiger partial charge < -0.3 is 5.32 Å². The van der Waals surface area contributed by atoms with Crippen molar-refractivity contribution in [1.29, 1.82) is 0 Å². The van der Waals surface area contributed by atoms with Crippen molar-refractivity contribution in [3.8, 4) is 16.9 Å². The number of benzene rings is 3. The van der Waals surface area contributed by atoms with Crippen molar-refractivity contribution < 1.29 is 4.79 Å². The van der Waals surface area contributed by atoms with Crippen molar-refractivity contribution in [3.05, 3.63) is 106 Å². The highest BCUT2D eigenvalue weighted by molar-refractivity contribution is 6.30. The molecule has 1 atom stereocenters. The highest BCUT2D eigenvalue weighted by Gasteiger charge is 2.19. The first kappa shape index (κ1) is 22.8. The van der Waals surface area contributed by atoms with E-state index in [0.717, 1.165) is 29.8 Å². The minimum absolute atomic E-state index is 0.0244. The number of carbonyl (C=O) groups excluding carboxylic acids is 1. The van der Waals surface area contributed by atoms with Gasteiger partial charge in [-0.05, 0) is 86.7 Å². The molecule has 0 radical (unpaired) electrons. The van der Waals surface area contributed by atoms with Crippen molar-refractivity contribution in [2.45, 2.75) is 39.7 Å². The van der Waals surface area contributed by atoms with Gasteiger partial charge in [0.25, 0.3) is 5.91 Å². The maximum atomic E-state index is 13.3. The molecule has 0 fully saturated rings. The molecule has 168 valence electrons. The molecule has 0 aliphatic rings. The van der Waals surface area contributed by atoms with E-state index in [0.29, 0.717) is 10.7 Å². The zero-order valence-corrected chi connectivity index (χ0v) is 19.9. The second-order valence-corrected chi connectivity index (χ2v) is 8.94. The number of amides is 1. The maximum absolute atomic E-state index is 13.3. The molecular formula is C28H28ClN3O. The molecule has 1 unspecified atom stereocenters. The van der Waals surface area contributed by atoms with E-state index in [4.69, 9.17) is 16.7 Å². The first-order valence-electron chi connectivity index (χ1n) is 11.2. The summed E-state index contributed by atoms with van der Waals surface area (Å²) in [5, 5.41) is 8.57. The van der Waals surface area contributed by atoms with Crippen LogP contribution in [0.25, 0.3) is 16.9 Å². The first-order chi connectivity index (χ1) is 15.9. The lowest BCUT2D eigenvalue weighted by Gasteiger charge is -2.14. The normalized spacial score (nSPS) is 11.9. The Morgan fingerprint density at radius 3 is 2.39 bits per heavy atom. The molecule has 4 rings (SSSR count). The van der Waals surface area contributed by atoms with Crippen molar-refractivity contribution in [2.24, 2.45) is 0 Å². The summed E-state index contributed by atoms with van der Waals surface area (Å²) in [5.41, 5.74) is 6.71. The summed E-state index contributed by atoms with van der Waals surface area (Å²) in [5.74, 6) is -0.145. The Balaban J connectivity index is 1.60.